The van der Waals surface area contributed by atoms with E-state index in [9.17, 15) is 23.4 Å². The number of hydrogen-bond acceptors (Lipinski definition) is 7. The molecular formula is C21H22F3N5O2. The number of aromatic hydroxyl groups is 1. The van der Waals surface area contributed by atoms with E-state index in [0.29, 0.717) is 48.8 Å². The fourth-order valence-corrected chi connectivity index (χ4v) is 4.05. The minimum atomic E-state index is -4.56. The van der Waals surface area contributed by atoms with Gasteiger partial charge in [0.25, 0.3) is 0 Å². The molecule has 1 aliphatic heterocycles. The minimum absolute atomic E-state index is 0.135. The maximum Gasteiger partial charge on any atom is 0.416 e. The van der Waals surface area contributed by atoms with E-state index in [1.807, 2.05) is 23.9 Å². The fourth-order valence-electron chi connectivity index (χ4n) is 4.05. The van der Waals surface area contributed by atoms with Gasteiger partial charge in [-0.25, -0.2) is 0 Å². The Hall–Kier alpha value is -2.98. The summed E-state index contributed by atoms with van der Waals surface area (Å²) in [5.41, 5.74) is -0.966. The first-order valence-electron chi connectivity index (χ1n) is 9.71. The summed E-state index contributed by atoms with van der Waals surface area (Å²) in [5, 5.41) is 30.2. The molecule has 0 radical (unpaired) electrons. The van der Waals surface area contributed by atoms with Gasteiger partial charge in [-0.3, -0.25) is 4.98 Å². The van der Waals surface area contributed by atoms with Crippen molar-refractivity contribution in [2.45, 2.75) is 18.2 Å². The fraction of sp³-hybridized carbons (Fsp3) is 0.381. The van der Waals surface area contributed by atoms with Crippen LogP contribution in [0.1, 0.15) is 12.0 Å². The molecule has 0 unspecified atom stereocenters. The second-order valence-corrected chi connectivity index (χ2v) is 8.14. The molecule has 7 nitrogen and oxygen atoms in total. The number of likely N-dealkylation sites (N-methyl/N-ethyl adjacent to an activating group) is 1. The summed E-state index contributed by atoms with van der Waals surface area (Å²) in [6.45, 7) is 1.42. The topological polar surface area (TPSA) is 85.6 Å². The highest BCUT2D eigenvalue weighted by molar-refractivity contribution is 5.98. The molecule has 2 N–H and O–H groups in total. The highest BCUT2D eigenvalue weighted by Crippen LogP contribution is 2.39. The van der Waals surface area contributed by atoms with Crippen molar-refractivity contribution < 1.29 is 23.4 Å². The van der Waals surface area contributed by atoms with E-state index in [-0.39, 0.29) is 11.3 Å². The Kier molecular flexibility index (Phi) is 5.22. The van der Waals surface area contributed by atoms with Crippen molar-refractivity contribution in [1.82, 2.24) is 20.1 Å². The number of hydrogen-bond donors (Lipinski definition) is 2. The van der Waals surface area contributed by atoms with Gasteiger partial charge in [0.1, 0.15) is 17.0 Å². The van der Waals surface area contributed by atoms with Gasteiger partial charge in [0.15, 0.2) is 5.82 Å². The average molecular weight is 433 g/mol. The van der Waals surface area contributed by atoms with Gasteiger partial charge in [-0.15, -0.1) is 10.2 Å². The predicted octanol–water partition coefficient (Wildman–Crippen LogP) is 2.92. The zero-order chi connectivity index (χ0) is 22.4. The van der Waals surface area contributed by atoms with Crippen molar-refractivity contribution in [3.8, 4) is 17.0 Å². The molecule has 0 bridgehead atoms. The first-order chi connectivity index (χ1) is 14.6. The van der Waals surface area contributed by atoms with E-state index in [1.165, 1.54) is 6.07 Å². The van der Waals surface area contributed by atoms with E-state index in [1.54, 1.807) is 18.3 Å². The summed E-state index contributed by atoms with van der Waals surface area (Å²) in [6, 6.07) is 6.17. The number of aliphatic hydroxyl groups is 1. The van der Waals surface area contributed by atoms with Crippen LogP contribution < -0.4 is 4.90 Å². The number of alkyl halides is 3. The van der Waals surface area contributed by atoms with Crippen molar-refractivity contribution in [2.75, 3.05) is 38.6 Å². The van der Waals surface area contributed by atoms with Crippen LogP contribution in [0.5, 0.6) is 5.75 Å². The van der Waals surface area contributed by atoms with Crippen molar-refractivity contribution in [1.29, 1.82) is 0 Å². The third kappa shape index (κ3) is 4.13. The molecule has 0 saturated carbocycles. The third-order valence-corrected chi connectivity index (χ3v) is 5.34. The second kappa shape index (κ2) is 7.61. The summed E-state index contributed by atoms with van der Waals surface area (Å²) in [5.74, 6) is -0.0519. The number of phenols is 1. The van der Waals surface area contributed by atoms with Crippen molar-refractivity contribution >= 4 is 16.7 Å². The largest absolute Gasteiger partial charge is 0.507 e. The number of nitrogens with zero attached hydrogens (tertiary/aromatic N) is 5. The normalized spacial score (nSPS) is 19.5. The Morgan fingerprint density at radius 2 is 1.97 bits per heavy atom. The molecule has 1 aliphatic rings. The number of pyridine rings is 1. The first kappa shape index (κ1) is 21.3. The van der Waals surface area contributed by atoms with Crippen molar-refractivity contribution in [3.63, 3.8) is 0 Å². The van der Waals surface area contributed by atoms with Gasteiger partial charge in [-0.2, -0.15) is 13.2 Å². The molecule has 0 aliphatic carbocycles. The minimum Gasteiger partial charge on any atom is -0.507 e. The van der Waals surface area contributed by atoms with E-state index in [4.69, 9.17) is 0 Å². The third-order valence-electron chi connectivity index (χ3n) is 5.34. The van der Waals surface area contributed by atoms with Crippen LogP contribution in [-0.4, -0.2) is 69.6 Å². The van der Waals surface area contributed by atoms with Crippen molar-refractivity contribution in [2.24, 2.45) is 0 Å². The Balaban J connectivity index is 1.75. The molecule has 1 atom stereocenters. The summed E-state index contributed by atoms with van der Waals surface area (Å²) in [4.78, 5) is 8.23. The van der Waals surface area contributed by atoms with Crippen LogP contribution in [0.2, 0.25) is 0 Å². The molecule has 2 aromatic heterocycles. The SMILES string of the molecule is CN(C)C[C@]1(O)CCN(c2nnc(-c3ccc(C(F)(F)F)cc3O)c3cccnc23)C1. The Labute approximate surface area is 176 Å². The van der Waals surface area contributed by atoms with E-state index >= 15 is 0 Å². The van der Waals surface area contributed by atoms with Crippen LogP contribution in [-0.2, 0) is 6.18 Å². The van der Waals surface area contributed by atoms with Gasteiger partial charge in [0.05, 0.1) is 11.2 Å². The lowest BCUT2D eigenvalue weighted by Crippen LogP contribution is -2.42. The van der Waals surface area contributed by atoms with E-state index in [0.717, 1.165) is 6.07 Å². The van der Waals surface area contributed by atoms with Gasteiger partial charge in [-0.05, 0) is 50.8 Å². The molecule has 3 aromatic rings. The van der Waals surface area contributed by atoms with E-state index in [2.05, 4.69) is 15.2 Å². The van der Waals surface area contributed by atoms with Crippen LogP contribution in [0.25, 0.3) is 22.2 Å². The molecule has 1 fully saturated rings. The van der Waals surface area contributed by atoms with Crippen LogP contribution in [0.15, 0.2) is 36.5 Å². The lowest BCUT2D eigenvalue weighted by Gasteiger charge is -2.27. The van der Waals surface area contributed by atoms with Gasteiger partial charge >= 0.3 is 6.18 Å². The number of phenolic OH excluding ortho intramolecular Hbond substituents is 1. The Morgan fingerprint density at radius 3 is 2.65 bits per heavy atom. The Morgan fingerprint density at radius 1 is 1.19 bits per heavy atom. The lowest BCUT2D eigenvalue weighted by molar-refractivity contribution is -0.137. The standard InChI is InChI=1S/C21H22F3N5O2/c1-28(2)11-20(31)7-9-29(12-20)19-18-15(4-3-8-25-18)17(26-27-19)14-6-5-13(10-16(14)30)21(22,23)24/h3-6,8,10,30-31H,7,9,11-12H2,1-2H3/t20-/m1/s1. The van der Waals surface area contributed by atoms with Gasteiger partial charge in [0.2, 0.25) is 0 Å². The number of fused-ring (bicyclic) bond motifs is 1. The summed E-state index contributed by atoms with van der Waals surface area (Å²) < 4.78 is 38.8. The monoisotopic (exact) mass is 433 g/mol. The van der Waals surface area contributed by atoms with Gasteiger partial charge < -0.3 is 20.0 Å². The van der Waals surface area contributed by atoms with Gasteiger partial charge in [0, 0.05) is 36.8 Å². The molecule has 0 amide bonds. The molecule has 10 heteroatoms. The zero-order valence-electron chi connectivity index (χ0n) is 17.1. The Bertz CT molecular complexity index is 1120. The molecule has 4 rings (SSSR count). The van der Waals surface area contributed by atoms with E-state index < -0.39 is 23.1 Å². The van der Waals surface area contributed by atoms with Gasteiger partial charge in [-0.1, -0.05) is 0 Å². The summed E-state index contributed by atoms with van der Waals surface area (Å²) >= 11 is 0. The highest BCUT2D eigenvalue weighted by atomic mass is 19.4. The molecule has 164 valence electrons. The number of rotatable bonds is 4. The maximum absolute atomic E-state index is 12.9. The summed E-state index contributed by atoms with van der Waals surface area (Å²) in [7, 11) is 3.78. The first-order valence-corrected chi connectivity index (χ1v) is 9.71. The van der Waals surface area contributed by atoms with Crippen molar-refractivity contribution in [3.05, 3.63) is 42.1 Å². The zero-order valence-corrected chi connectivity index (χ0v) is 17.1. The number of β-amino-alcohol motifs (C(OH)–C–C–N with tert-alkyl or cyclic N) is 1. The smallest absolute Gasteiger partial charge is 0.416 e. The maximum atomic E-state index is 12.9. The number of benzene rings is 1. The van der Waals surface area contributed by atoms with Crippen LogP contribution in [0.4, 0.5) is 19.0 Å². The second-order valence-electron chi connectivity index (χ2n) is 8.14. The molecule has 31 heavy (non-hydrogen) atoms. The quantitative estimate of drug-likeness (QED) is 0.654. The predicted molar refractivity (Wildman–Crippen MR) is 110 cm³/mol. The molecule has 0 spiro atoms. The molecule has 1 saturated heterocycles. The lowest BCUT2D eigenvalue weighted by atomic mass is 10.0. The molecule has 1 aromatic carbocycles. The molecular weight excluding hydrogens is 411 g/mol. The average Bonchev–Trinajstić information content (AvgIpc) is 3.07. The van der Waals surface area contributed by atoms with Crippen LogP contribution in [0.3, 0.4) is 0 Å². The van der Waals surface area contributed by atoms with Crippen LogP contribution in [0, 0.1) is 0 Å². The summed E-state index contributed by atoms with van der Waals surface area (Å²) in [6.07, 6.45) is -2.41. The van der Waals surface area contributed by atoms with Crippen LogP contribution >= 0.6 is 0 Å². The molecule has 3 heterocycles. The number of anilines is 1. The number of aromatic nitrogens is 3. The number of halogens is 3. The highest BCUT2D eigenvalue weighted by Gasteiger charge is 2.38.